The Labute approximate surface area is 111 Å². The molecule has 2 fully saturated rings. The zero-order chi connectivity index (χ0) is 13.0. The van der Waals surface area contributed by atoms with Gasteiger partial charge in [-0.05, 0) is 52.4 Å². The lowest BCUT2D eigenvalue weighted by molar-refractivity contribution is -0.133. The van der Waals surface area contributed by atoms with Crippen LogP contribution < -0.4 is 0 Å². The van der Waals surface area contributed by atoms with Gasteiger partial charge in [-0.3, -0.25) is 4.79 Å². The summed E-state index contributed by atoms with van der Waals surface area (Å²) >= 11 is 0. The van der Waals surface area contributed by atoms with Crippen molar-refractivity contribution in [2.75, 3.05) is 53.4 Å². The summed E-state index contributed by atoms with van der Waals surface area (Å²) in [6.45, 7) is 6.30. The Kier molecular flexibility index (Phi) is 5.01. The van der Waals surface area contributed by atoms with E-state index in [2.05, 4.69) is 28.8 Å². The fourth-order valence-corrected chi connectivity index (χ4v) is 2.89. The number of hydrogen-bond donors (Lipinski definition) is 0. The van der Waals surface area contributed by atoms with Crippen molar-refractivity contribution in [2.45, 2.75) is 25.7 Å². The van der Waals surface area contributed by atoms with Crippen LogP contribution in [0.3, 0.4) is 0 Å². The molecule has 0 aromatic rings. The molecule has 18 heavy (non-hydrogen) atoms. The first-order valence-electron chi connectivity index (χ1n) is 7.30. The maximum absolute atomic E-state index is 12.1. The molecule has 2 saturated heterocycles. The number of piperazine rings is 1. The van der Waals surface area contributed by atoms with Crippen molar-refractivity contribution in [3.05, 3.63) is 0 Å². The van der Waals surface area contributed by atoms with Crippen LogP contribution in [0.2, 0.25) is 0 Å². The summed E-state index contributed by atoms with van der Waals surface area (Å²) in [7, 11) is 4.31. The third-order valence-electron chi connectivity index (χ3n) is 4.46. The Morgan fingerprint density at radius 3 is 2.11 bits per heavy atom. The largest absolute Gasteiger partial charge is 0.340 e. The standard InChI is InChI=1S/C14H27N3O/c1-15-7-5-13(6-8-15)3-4-14(18)17-11-9-16(2)10-12-17/h13H,3-12H2,1-2H3. The van der Waals surface area contributed by atoms with Crippen molar-refractivity contribution in [3.63, 3.8) is 0 Å². The molecule has 0 bridgehead atoms. The van der Waals surface area contributed by atoms with Crippen LogP contribution in [0.1, 0.15) is 25.7 Å². The number of carbonyl (C=O) groups excluding carboxylic acids is 1. The molecular weight excluding hydrogens is 226 g/mol. The van der Waals surface area contributed by atoms with Crippen LogP contribution in [0.5, 0.6) is 0 Å². The minimum Gasteiger partial charge on any atom is -0.340 e. The van der Waals surface area contributed by atoms with Gasteiger partial charge in [-0.2, -0.15) is 0 Å². The predicted molar refractivity (Wildman–Crippen MR) is 73.5 cm³/mol. The van der Waals surface area contributed by atoms with E-state index in [9.17, 15) is 4.79 Å². The van der Waals surface area contributed by atoms with E-state index in [4.69, 9.17) is 0 Å². The summed E-state index contributed by atoms with van der Waals surface area (Å²) in [5.41, 5.74) is 0. The second-order valence-electron chi connectivity index (χ2n) is 5.97. The van der Waals surface area contributed by atoms with Crippen LogP contribution in [0, 0.1) is 5.92 Å². The van der Waals surface area contributed by atoms with Gasteiger partial charge >= 0.3 is 0 Å². The molecule has 0 aliphatic carbocycles. The number of hydrogen-bond acceptors (Lipinski definition) is 3. The van der Waals surface area contributed by atoms with E-state index in [1.54, 1.807) is 0 Å². The highest BCUT2D eigenvalue weighted by molar-refractivity contribution is 5.76. The fraction of sp³-hybridized carbons (Fsp3) is 0.929. The summed E-state index contributed by atoms with van der Waals surface area (Å²) in [5.74, 6) is 1.15. The molecule has 2 aliphatic heterocycles. The lowest BCUT2D eigenvalue weighted by Crippen LogP contribution is -2.47. The maximum Gasteiger partial charge on any atom is 0.222 e. The highest BCUT2D eigenvalue weighted by atomic mass is 16.2. The Morgan fingerprint density at radius 1 is 0.944 bits per heavy atom. The molecule has 0 aromatic carbocycles. The van der Waals surface area contributed by atoms with Crippen LogP contribution in [0.25, 0.3) is 0 Å². The molecule has 0 N–H and O–H groups in total. The van der Waals surface area contributed by atoms with Gasteiger partial charge in [-0.25, -0.2) is 0 Å². The Balaban J connectivity index is 1.65. The van der Waals surface area contributed by atoms with Gasteiger partial charge in [0.25, 0.3) is 0 Å². The van der Waals surface area contributed by atoms with Gasteiger partial charge < -0.3 is 14.7 Å². The van der Waals surface area contributed by atoms with Crippen molar-refractivity contribution in [1.29, 1.82) is 0 Å². The molecule has 0 unspecified atom stereocenters. The van der Waals surface area contributed by atoms with Gasteiger partial charge in [0.2, 0.25) is 5.91 Å². The van der Waals surface area contributed by atoms with Gasteiger partial charge in [0, 0.05) is 32.6 Å². The van der Waals surface area contributed by atoms with E-state index in [1.165, 1.54) is 25.9 Å². The van der Waals surface area contributed by atoms with Gasteiger partial charge in [0.1, 0.15) is 0 Å². The van der Waals surface area contributed by atoms with E-state index < -0.39 is 0 Å². The van der Waals surface area contributed by atoms with Gasteiger partial charge in [-0.15, -0.1) is 0 Å². The summed E-state index contributed by atoms with van der Waals surface area (Å²) in [5, 5.41) is 0. The molecule has 2 heterocycles. The Morgan fingerprint density at radius 2 is 1.50 bits per heavy atom. The zero-order valence-electron chi connectivity index (χ0n) is 11.9. The minimum absolute atomic E-state index is 0.377. The van der Waals surface area contributed by atoms with Crippen molar-refractivity contribution >= 4 is 5.91 Å². The molecule has 0 spiro atoms. The topological polar surface area (TPSA) is 26.8 Å². The molecule has 1 amide bonds. The van der Waals surface area contributed by atoms with Gasteiger partial charge in [0.15, 0.2) is 0 Å². The number of carbonyl (C=O) groups is 1. The average molecular weight is 253 g/mol. The third kappa shape index (κ3) is 3.95. The normalized spacial score (nSPS) is 24.4. The zero-order valence-corrected chi connectivity index (χ0v) is 11.9. The predicted octanol–water partition coefficient (Wildman–Crippen LogP) is 0.882. The summed E-state index contributed by atoms with van der Waals surface area (Å²) in [6.07, 6.45) is 4.40. The number of piperidine rings is 1. The molecule has 0 radical (unpaired) electrons. The summed E-state index contributed by atoms with van der Waals surface area (Å²) in [6, 6.07) is 0. The molecule has 4 nitrogen and oxygen atoms in total. The van der Waals surface area contributed by atoms with Crippen LogP contribution in [0.4, 0.5) is 0 Å². The molecule has 104 valence electrons. The van der Waals surface area contributed by atoms with Crippen LogP contribution >= 0.6 is 0 Å². The smallest absolute Gasteiger partial charge is 0.222 e. The second-order valence-corrected chi connectivity index (χ2v) is 5.97. The molecule has 0 aromatic heterocycles. The van der Waals surface area contributed by atoms with Crippen molar-refractivity contribution in [1.82, 2.24) is 14.7 Å². The molecule has 4 heteroatoms. The van der Waals surface area contributed by atoms with E-state index in [1.807, 2.05) is 0 Å². The van der Waals surface area contributed by atoms with E-state index in [0.717, 1.165) is 44.9 Å². The highest BCUT2D eigenvalue weighted by Crippen LogP contribution is 2.21. The SMILES string of the molecule is CN1CCC(CCC(=O)N2CCN(C)CC2)CC1. The first-order valence-corrected chi connectivity index (χ1v) is 7.30. The number of likely N-dealkylation sites (N-methyl/N-ethyl adjacent to an activating group) is 1. The van der Waals surface area contributed by atoms with Gasteiger partial charge in [0.05, 0.1) is 0 Å². The fourth-order valence-electron chi connectivity index (χ4n) is 2.89. The van der Waals surface area contributed by atoms with Crippen molar-refractivity contribution in [2.24, 2.45) is 5.92 Å². The molecular formula is C14H27N3O. The minimum atomic E-state index is 0.377. The number of rotatable bonds is 3. The first-order chi connectivity index (χ1) is 8.65. The number of nitrogens with zero attached hydrogens (tertiary/aromatic N) is 3. The average Bonchev–Trinajstić information content (AvgIpc) is 2.38. The van der Waals surface area contributed by atoms with Gasteiger partial charge in [-0.1, -0.05) is 0 Å². The van der Waals surface area contributed by atoms with E-state index >= 15 is 0 Å². The lowest BCUT2D eigenvalue weighted by Gasteiger charge is -2.33. The van der Waals surface area contributed by atoms with Crippen LogP contribution in [-0.2, 0) is 4.79 Å². The maximum atomic E-state index is 12.1. The molecule has 2 rings (SSSR count). The molecule has 2 aliphatic rings. The molecule has 0 atom stereocenters. The summed E-state index contributed by atoms with van der Waals surface area (Å²) < 4.78 is 0. The highest BCUT2D eigenvalue weighted by Gasteiger charge is 2.21. The second kappa shape index (κ2) is 6.53. The third-order valence-corrected chi connectivity index (χ3v) is 4.46. The summed E-state index contributed by atoms with van der Waals surface area (Å²) in [4.78, 5) is 18.8. The Bertz CT molecular complexity index is 266. The van der Waals surface area contributed by atoms with E-state index in [0.29, 0.717) is 5.91 Å². The molecule has 0 saturated carbocycles. The monoisotopic (exact) mass is 253 g/mol. The van der Waals surface area contributed by atoms with Crippen molar-refractivity contribution in [3.8, 4) is 0 Å². The Hall–Kier alpha value is -0.610. The van der Waals surface area contributed by atoms with Crippen LogP contribution in [0.15, 0.2) is 0 Å². The lowest BCUT2D eigenvalue weighted by atomic mass is 9.92. The quantitative estimate of drug-likeness (QED) is 0.747. The van der Waals surface area contributed by atoms with Crippen LogP contribution in [-0.4, -0.2) is 74.0 Å². The first kappa shape index (κ1) is 13.8. The van der Waals surface area contributed by atoms with Crippen molar-refractivity contribution < 1.29 is 4.79 Å². The van der Waals surface area contributed by atoms with E-state index in [-0.39, 0.29) is 0 Å². The number of amides is 1. The number of likely N-dealkylation sites (tertiary alicyclic amines) is 1.